The van der Waals surface area contributed by atoms with Crippen LogP contribution in [0.3, 0.4) is 0 Å². The molecule has 0 fully saturated rings. The fourth-order valence-corrected chi connectivity index (χ4v) is 0.555. The normalized spacial score (nSPS) is 15.9. The van der Waals surface area contributed by atoms with Gasteiger partial charge in [-0.2, -0.15) is 0 Å². The Balaban J connectivity index is 3.45. The van der Waals surface area contributed by atoms with E-state index in [1.807, 2.05) is 0 Å². The van der Waals surface area contributed by atoms with E-state index in [0.29, 0.717) is 6.42 Å². The molecule has 0 aliphatic rings. The fraction of sp³-hybridized carbons (Fsp3) is 0.857. The van der Waals surface area contributed by atoms with Crippen molar-refractivity contribution in [1.82, 2.24) is 5.32 Å². The van der Waals surface area contributed by atoms with E-state index in [1.54, 1.807) is 6.92 Å². The van der Waals surface area contributed by atoms with Crippen molar-refractivity contribution in [3.05, 3.63) is 0 Å². The molecule has 0 aliphatic carbocycles. The van der Waals surface area contributed by atoms with Gasteiger partial charge in [0.05, 0.1) is 6.54 Å². The molecule has 11 heavy (non-hydrogen) atoms. The molecule has 0 saturated heterocycles. The first-order valence-corrected chi connectivity index (χ1v) is 3.59. The lowest BCUT2D eigenvalue weighted by Gasteiger charge is -2.17. The lowest BCUT2D eigenvalue weighted by molar-refractivity contribution is -0.136. The Bertz CT molecular complexity index is 136. The minimum absolute atomic E-state index is 0.0931. The quantitative estimate of drug-likeness (QED) is 0.630. The van der Waals surface area contributed by atoms with Gasteiger partial charge in [-0.05, 0) is 13.3 Å². The minimum atomic E-state index is -1.30. The first-order valence-electron chi connectivity index (χ1n) is 3.59. The molecule has 0 spiro atoms. The summed E-state index contributed by atoms with van der Waals surface area (Å²) in [5.41, 5.74) is -1.30. The van der Waals surface area contributed by atoms with E-state index in [2.05, 4.69) is 5.32 Å². The largest absolute Gasteiger partial charge is 0.480 e. The van der Waals surface area contributed by atoms with E-state index in [9.17, 15) is 9.18 Å². The Labute approximate surface area is 65.6 Å². The maximum Gasteiger partial charge on any atom is 0.317 e. The number of hydrogen-bond donors (Lipinski definition) is 2. The van der Waals surface area contributed by atoms with Crippen molar-refractivity contribution in [2.45, 2.75) is 25.9 Å². The Morgan fingerprint density at radius 2 is 2.27 bits per heavy atom. The number of aliphatic carboxylic acids is 1. The Kier molecular flexibility index (Phi) is 4.03. The second-order valence-electron chi connectivity index (χ2n) is 2.76. The van der Waals surface area contributed by atoms with E-state index in [-0.39, 0.29) is 13.1 Å². The first kappa shape index (κ1) is 10.4. The van der Waals surface area contributed by atoms with Gasteiger partial charge in [-0.25, -0.2) is 4.39 Å². The summed E-state index contributed by atoms with van der Waals surface area (Å²) >= 11 is 0. The molecule has 0 aliphatic heterocycles. The van der Waals surface area contributed by atoms with Crippen molar-refractivity contribution in [2.75, 3.05) is 13.1 Å². The lowest BCUT2D eigenvalue weighted by atomic mass is 10.1. The van der Waals surface area contributed by atoms with E-state index in [0.717, 1.165) is 0 Å². The molecule has 0 aromatic carbocycles. The van der Waals surface area contributed by atoms with Crippen LogP contribution in [0.15, 0.2) is 0 Å². The van der Waals surface area contributed by atoms with Gasteiger partial charge in [-0.15, -0.1) is 0 Å². The van der Waals surface area contributed by atoms with Crippen LogP contribution in [0.25, 0.3) is 0 Å². The zero-order valence-corrected chi connectivity index (χ0v) is 6.85. The summed E-state index contributed by atoms with van der Waals surface area (Å²) in [7, 11) is 0. The molecule has 1 atom stereocenters. The number of nitrogens with one attached hydrogen (secondary N) is 1. The molecule has 0 amide bonds. The number of carbonyl (C=O) groups is 1. The third-order valence-electron chi connectivity index (χ3n) is 1.51. The number of hydrogen-bond acceptors (Lipinski definition) is 2. The van der Waals surface area contributed by atoms with Gasteiger partial charge < -0.3 is 10.4 Å². The van der Waals surface area contributed by atoms with Gasteiger partial charge in [0.25, 0.3) is 0 Å². The molecule has 3 nitrogen and oxygen atoms in total. The van der Waals surface area contributed by atoms with Crippen LogP contribution in [-0.4, -0.2) is 29.8 Å². The summed E-state index contributed by atoms with van der Waals surface area (Å²) in [6.07, 6.45) is 0.389. The highest BCUT2D eigenvalue weighted by molar-refractivity contribution is 5.68. The molecule has 0 aromatic rings. The third-order valence-corrected chi connectivity index (χ3v) is 1.51. The van der Waals surface area contributed by atoms with Crippen molar-refractivity contribution in [2.24, 2.45) is 0 Å². The van der Waals surface area contributed by atoms with Crippen molar-refractivity contribution in [3.63, 3.8) is 0 Å². The number of alkyl halides is 1. The molecule has 1 unspecified atom stereocenters. The highest BCUT2D eigenvalue weighted by atomic mass is 19.1. The van der Waals surface area contributed by atoms with E-state index >= 15 is 0 Å². The smallest absolute Gasteiger partial charge is 0.317 e. The SMILES string of the molecule is CCC(C)(F)CNCC(=O)O. The zero-order chi connectivity index (χ0) is 8.91. The summed E-state index contributed by atoms with van der Waals surface area (Å²) in [5.74, 6) is -0.961. The van der Waals surface area contributed by atoms with Gasteiger partial charge in [0, 0.05) is 6.54 Å². The highest BCUT2D eigenvalue weighted by Gasteiger charge is 2.19. The molecule has 0 rings (SSSR count). The third kappa shape index (κ3) is 5.79. The number of halogens is 1. The molecule has 2 N–H and O–H groups in total. The maximum atomic E-state index is 13.0. The second-order valence-corrected chi connectivity index (χ2v) is 2.76. The molecule has 4 heteroatoms. The van der Waals surface area contributed by atoms with Gasteiger partial charge in [-0.3, -0.25) is 4.79 Å². The van der Waals surface area contributed by atoms with Crippen LogP contribution in [0.2, 0.25) is 0 Å². The first-order chi connectivity index (χ1) is 4.98. The number of carboxylic acids is 1. The fourth-order valence-electron chi connectivity index (χ4n) is 0.555. The van der Waals surface area contributed by atoms with E-state index in [4.69, 9.17) is 5.11 Å². The molecule has 66 valence electrons. The molecule has 0 heterocycles. The van der Waals surface area contributed by atoms with Gasteiger partial charge in [0.15, 0.2) is 0 Å². The van der Waals surface area contributed by atoms with Crippen LogP contribution < -0.4 is 5.32 Å². The van der Waals surface area contributed by atoms with Crippen molar-refractivity contribution in [1.29, 1.82) is 0 Å². The van der Waals surface area contributed by atoms with Crippen LogP contribution >= 0.6 is 0 Å². The average Bonchev–Trinajstić information content (AvgIpc) is 1.87. The minimum Gasteiger partial charge on any atom is -0.480 e. The Morgan fingerprint density at radius 1 is 1.73 bits per heavy atom. The van der Waals surface area contributed by atoms with Crippen LogP contribution in [0.5, 0.6) is 0 Å². The van der Waals surface area contributed by atoms with Gasteiger partial charge in [0.1, 0.15) is 5.67 Å². The summed E-state index contributed by atoms with van der Waals surface area (Å²) in [4.78, 5) is 9.99. The van der Waals surface area contributed by atoms with Crippen molar-refractivity contribution < 1.29 is 14.3 Å². The van der Waals surface area contributed by atoms with Gasteiger partial charge in [0.2, 0.25) is 0 Å². The monoisotopic (exact) mass is 163 g/mol. The summed E-state index contributed by atoms with van der Waals surface area (Å²) in [6, 6.07) is 0. The molecule has 0 aromatic heterocycles. The number of carboxylic acid groups (broad SMARTS) is 1. The summed E-state index contributed by atoms with van der Waals surface area (Å²) in [5, 5.41) is 10.7. The summed E-state index contributed by atoms with van der Waals surface area (Å²) in [6.45, 7) is 3.08. The molecular formula is C7H14FNO2. The lowest BCUT2D eigenvalue weighted by Crippen LogP contribution is -2.36. The molecule has 0 saturated carbocycles. The molecular weight excluding hydrogens is 149 g/mol. The van der Waals surface area contributed by atoms with Crippen LogP contribution in [0, 0.1) is 0 Å². The molecule has 0 radical (unpaired) electrons. The van der Waals surface area contributed by atoms with E-state index in [1.165, 1.54) is 6.92 Å². The van der Waals surface area contributed by atoms with Crippen molar-refractivity contribution >= 4 is 5.97 Å². The van der Waals surface area contributed by atoms with Gasteiger partial charge >= 0.3 is 5.97 Å². The standard InChI is InChI=1S/C7H14FNO2/c1-3-7(2,8)5-9-4-6(10)11/h9H,3-5H2,1-2H3,(H,10,11). The Morgan fingerprint density at radius 3 is 2.64 bits per heavy atom. The molecule has 0 bridgehead atoms. The zero-order valence-electron chi connectivity index (χ0n) is 6.85. The Hall–Kier alpha value is -0.640. The van der Waals surface area contributed by atoms with E-state index < -0.39 is 11.6 Å². The van der Waals surface area contributed by atoms with Gasteiger partial charge in [-0.1, -0.05) is 6.92 Å². The number of rotatable bonds is 5. The second kappa shape index (κ2) is 4.28. The predicted molar refractivity (Wildman–Crippen MR) is 40.3 cm³/mol. The maximum absolute atomic E-state index is 13.0. The van der Waals surface area contributed by atoms with Crippen LogP contribution in [-0.2, 0) is 4.79 Å². The summed E-state index contributed by atoms with van der Waals surface area (Å²) < 4.78 is 13.0. The topological polar surface area (TPSA) is 49.3 Å². The average molecular weight is 163 g/mol. The van der Waals surface area contributed by atoms with Crippen LogP contribution in [0.1, 0.15) is 20.3 Å². The van der Waals surface area contributed by atoms with Crippen LogP contribution in [0.4, 0.5) is 4.39 Å². The van der Waals surface area contributed by atoms with Crippen molar-refractivity contribution in [3.8, 4) is 0 Å². The predicted octanol–water partition coefficient (Wildman–Crippen LogP) is 0.799. The highest BCUT2D eigenvalue weighted by Crippen LogP contribution is 2.12.